The Hall–Kier alpha value is -1.79. The van der Waals surface area contributed by atoms with E-state index in [-0.39, 0.29) is 11.8 Å². The quantitative estimate of drug-likeness (QED) is 0.847. The Kier molecular flexibility index (Phi) is 5.64. The second-order valence-corrected chi connectivity index (χ2v) is 5.12. The predicted molar refractivity (Wildman–Crippen MR) is 81.2 cm³/mol. The number of nitrogens with zero attached hydrogens (tertiary/aromatic N) is 1. The first-order chi connectivity index (χ1) is 9.81. The van der Waals surface area contributed by atoms with E-state index in [0.717, 1.165) is 38.0 Å². The van der Waals surface area contributed by atoms with Gasteiger partial charge in [-0.05, 0) is 31.5 Å². The van der Waals surface area contributed by atoms with E-state index >= 15 is 0 Å². The largest absolute Gasteiger partial charge is 0.331 e. The van der Waals surface area contributed by atoms with Crippen molar-refractivity contribution in [3.8, 4) is 11.8 Å². The molecule has 1 unspecified atom stereocenters. The van der Waals surface area contributed by atoms with E-state index in [4.69, 9.17) is 0 Å². The molecule has 1 aliphatic rings. The molecule has 0 aliphatic carbocycles. The number of amides is 1. The van der Waals surface area contributed by atoms with Crippen molar-refractivity contribution < 1.29 is 4.79 Å². The van der Waals surface area contributed by atoms with Crippen LogP contribution in [-0.4, -0.2) is 37.0 Å². The summed E-state index contributed by atoms with van der Waals surface area (Å²) in [5.74, 6) is 6.63. The SMILES string of the molecule is CCCN(CC#Cc1ccccc1)C(=O)C1CCNC1. The van der Waals surface area contributed by atoms with Gasteiger partial charge in [0.15, 0.2) is 0 Å². The van der Waals surface area contributed by atoms with Crippen LogP contribution in [0.5, 0.6) is 0 Å². The molecule has 1 atom stereocenters. The summed E-state index contributed by atoms with van der Waals surface area (Å²) in [5, 5.41) is 3.25. The molecular formula is C17H22N2O. The molecule has 1 aromatic rings. The topological polar surface area (TPSA) is 32.3 Å². The molecule has 20 heavy (non-hydrogen) atoms. The minimum Gasteiger partial charge on any atom is -0.331 e. The molecule has 0 saturated carbocycles. The number of rotatable bonds is 4. The minimum atomic E-state index is 0.139. The van der Waals surface area contributed by atoms with Crippen LogP contribution in [0.4, 0.5) is 0 Å². The highest BCUT2D eigenvalue weighted by Gasteiger charge is 2.26. The van der Waals surface area contributed by atoms with Crippen LogP contribution in [0.3, 0.4) is 0 Å². The smallest absolute Gasteiger partial charge is 0.227 e. The van der Waals surface area contributed by atoms with Crippen molar-refractivity contribution in [2.45, 2.75) is 19.8 Å². The average molecular weight is 270 g/mol. The van der Waals surface area contributed by atoms with Gasteiger partial charge in [-0.15, -0.1) is 0 Å². The Morgan fingerprint density at radius 1 is 1.40 bits per heavy atom. The number of hydrogen-bond acceptors (Lipinski definition) is 2. The number of nitrogens with one attached hydrogen (secondary N) is 1. The van der Waals surface area contributed by atoms with Crippen molar-refractivity contribution in [2.24, 2.45) is 5.92 Å². The molecule has 1 N–H and O–H groups in total. The molecule has 0 spiro atoms. The summed E-state index contributed by atoms with van der Waals surface area (Å²) in [6.45, 7) is 5.17. The molecule has 1 amide bonds. The molecule has 0 radical (unpaired) electrons. The summed E-state index contributed by atoms with van der Waals surface area (Å²) >= 11 is 0. The maximum atomic E-state index is 12.4. The Balaban J connectivity index is 1.95. The van der Waals surface area contributed by atoms with Gasteiger partial charge in [0.1, 0.15) is 0 Å². The van der Waals surface area contributed by atoms with Crippen LogP contribution in [0.25, 0.3) is 0 Å². The van der Waals surface area contributed by atoms with Crippen molar-refractivity contribution in [2.75, 3.05) is 26.2 Å². The lowest BCUT2D eigenvalue weighted by Gasteiger charge is -2.22. The Morgan fingerprint density at radius 3 is 2.85 bits per heavy atom. The van der Waals surface area contributed by atoms with Crippen LogP contribution >= 0.6 is 0 Å². The summed E-state index contributed by atoms with van der Waals surface area (Å²) in [6.07, 6.45) is 1.92. The third kappa shape index (κ3) is 4.11. The number of carbonyl (C=O) groups is 1. The fourth-order valence-corrected chi connectivity index (χ4v) is 2.42. The molecule has 2 rings (SSSR count). The fourth-order valence-electron chi connectivity index (χ4n) is 2.42. The molecule has 1 aliphatic heterocycles. The first-order valence-corrected chi connectivity index (χ1v) is 7.34. The van der Waals surface area contributed by atoms with Gasteiger partial charge in [0.25, 0.3) is 0 Å². The van der Waals surface area contributed by atoms with E-state index in [1.54, 1.807) is 0 Å². The highest BCUT2D eigenvalue weighted by Crippen LogP contribution is 2.11. The molecule has 0 aromatic heterocycles. The van der Waals surface area contributed by atoms with Gasteiger partial charge in [-0.2, -0.15) is 0 Å². The van der Waals surface area contributed by atoms with Crippen LogP contribution < -0.4 is 5.32 Å². The molecule has 1 fully saturated rings. The lowest BCUT2D eigenvalue weighted by molar-refractivity contribution is -0.134. The second kappa shape index (κ2) is 7.72. The molecule has 3 heteroatoms. The summed E-state index contributed by atoms with van der Waals surface area (Å²) in [7, 11) is 0. The second-order valence-electron chi connectivity index (χ2n) is 5.12. The highest BCUT2D eigenvalue weighted by atomic mass is 16.2. The van der Waals surface area contributed by atoms with E-state index in [2.05, 4.69) is 24.1 Å². The summed E-state index contributed by atoms with van der Waals surface area (Å²) in [5.41, 5.74) is 0.999. The van der Waals surface area contributed by atoms with Gasteiger partial charge in [0.2, 0.25) is 5.91 Å². The summed E-state index contributed by atoms with van der Waals surface area (Å²) in [6, 6.07) is 9.90. The molecule has 1 heterocycles. The van der Waals surface area contributed by atoms with E-state index in [1.807, 2.05) is 35.2 Å². The Bertz CT molecular complexity index is 481. The first-order valence-electron chi connectivity index (χ1n) is 7.34. The van der Waals surface area contributed by atoms with Gasteiger partial charge < -0.3 is 10.2 Å². The molecule has 3 nitrogen and oxygen atoms in total. The molecule has 106 valence electrons. The maximum absolute atomic E-state index is 12.4. The van der Waals surface area contributed by atoms with Gasteiger partial charge >= 0.3 is 0 Å². The average Bonchev–Trinajstić information content (AvgIpc) is 3.01. The molecule has 0 bridgehead atoms. The zero-order valence-electron chi connectivity index (χ0n) is 12.1. The molecule has 1 aromatic carbocycles. The Morgan fingerprint density at radius 2 is 2.20 bits per heavy atom. The van der Waals surface area contributed by atoms with Gasteiger partial charge in [0, 0.05) is 18.7 Å². The normalized spacial score (nSPS) is 17.4. The lowest BCUT2D eigenvalue weighted by Crippen LogP contribution is -2.37. The molecule has 1 saturated heterocycles. The predicted octanol–water partition coefficient (Wildman–Crippen LogP) is 1.89. The van der Waals surface area contributed by atoms with Crippen molar-refractivity contribution in [3.63, 3.8) is 0 Å². The maximum Gasteiger partial charge on any atom is 0.227 e. The van der Waals surface area contributed by atoms with E-state index < -0.39 is 0 Å². The number of carbonyl (C=O) groups excluding carboxylic acids is 1. The zero-order chi connectivity index (χ0) is 14.2. The first kappa shape index (κ1) is 14.6. The van der Waals surface area contributed by atoms with Gasteiger partial charge in [-0.3, -0.25) is 4.79 Å². The van der Waals surface area contributed by atoms with Crippen molar-refractivity contribution >= 4 is 5.91 Å². The van der Waals surface area contributed by atoms with Crippen molar-refractivity contribution in [3.05, 3.63) is 35.9 Å². The lowest BCUT2D eigenvalue weighted by atomic mass is 10.1. The zero-order valence-corrected chi connectivity index (χ0v) is 12.1. The van der Waals surface area contributed by atoms with Crippen LogP contribution in [0, 0.1) is 17.8 Å². The van der Waals surface area contributed by atoms with E-state index in [1.165, 1.54) is 0 Å². The standard InChI is InChI=1S/C17H22N2O/c1-2-12-19(17(20)16-10-11-18-14-16)13-6-9-15-7-4-3-5-8-15/h3-5,7-8,16,18H,2,10-14H2,1H3. The van der Waals surface area contributed by atoms with Crippen LogP contribution in [-0.2, 0) is 4.79 Å². The van der Waals surface area contributed by atoms with Crippen molar-refractivity contribution in [1.82, 2.24) is 10.2 Å². The summed E-state index contributed by atoms with van der Waals surface area (Å²) < 4.78 is 0. The van der Waals surface area contributed by atoms with Crippen molar-refractivity contribution in [1.29, 1.82) is 0 Å². The van der Waals surface area contributed by atoms with Gasteiger partial charge in [0.05, 0.1) is 12.5 Å². The number of benzene rings is 1. The summed E-state index contributed by atoms with van der Waals surface area (Å²) in [4.78, 5) is 14.3. The fraction of sp³-hybridized carbons (Fsp3) is 0.471. The van der Waals surface area contributed by atoms with Crippen LogP contribution in [0.2, 0.25) is 0 Å². The monoisotopic (exact) mass is 270 g/mol. The third-order valence-corrected chi connectivity index (χ3v) is 3.49. The minimum absolute atomic E-state index is 0.139. The highest BCUT2D eigenvalue weighted by molar-refractivity contribution is 5.79. The molecular weight excluding hydrogens is 248 g/mol. The third-order valence-electron chi connectivity index (χ3n) is 3.49. The van der Waals surface area contributed by atoms with E-state index in [9.17, 15) is 4.79 Å². The van der Waals surface area contributed by atoms with Gasteiger partial charge in [-0.1, -0.05) is 37.0 Å². The van der Waals surface area contributed by atoms with Gasteiger partial charge in [-0.25, -0.2) is 0 Å². The van der Waals surface area contributed by atoms with Crippen LogP contribution in [0.15, 0.2) is 30.3 Å². The Labute approximate surface area is 121 Å². The number of hydrogen-bond donors (Lipinski definition) is 1. The van der Waals surface area contributed by atoms with Crippen LogP contribution in [0.1, 0.15) is 25.3 Å². The van der Waals surface area contributed by atoms with E-state index in [0.29, 0.717) is 6.54 Å².